The molecule has 0 aliphatic carbocycles. The summed E-state index contributed by atoms with van der Waals surface area (Å²) in [5, 5.41) is 19.7. The molecule has 8 heteroatoms. The molecule has 2 aromatic heterocycles. The van der Waals surface area contributed by atoms with E-state index in [4.69, 9.17) is 11.6 Å². The number of alkyl halides is 1. The Hall–Kier alpha value is -1.05. The molecule has 0 radical (unpaired) electrons. The van der Waals surface area contributed by atoms with Gasteiger partial charge in [-0.2, -0.15) is 0 Å². The minimum atomic E-state index is -0.416. The highest BCUT2D eigenvalue weighted by molar-refractivity contribution is 7.23. The molecule has 2 heterocycles. The van der Waals surface area contributed by atoms with Crippen LogP contribution in [0.3, 0.4) is 0 Å². The third kappa shape index (κ3) is 2.21. The number of hydrogen-bond acceptors (Lipinski definition) is 6. The smallest absolute Gasteiger partial charge is 0.258 e. The van der Waals surface area contributed by atoms with E-state index in [-0.39, 0.29) is 10.4 Å². The SMILES string of the molecule is CC(Cl)c1nnc(-c2ccc([N+](=O)[O-])s2)s1. The molecule has 84 valence electrons. The van der Waals surface area contributed by atoms with Crippen LogP contribution in [-0.4, -0.2) is 15.1 Å². The molecule has 0 amide bonds. The lowest BCUT2D eigenvalue weighted by molar-refractivity contribution is -0.380. The molecule has 0 spiro atoms. The topological polar surface area (TPSA) is 68.9 Å². The van der Waals surface area contributed by atoms with Crippen LogP contribution in [0.1, 0.15) is 17.3 Å². The molecule has 2 rings (SSSR count). The van der Waals surface area contributed by atoms with E-state index in [0.29, 0.717) is 10.0 Å². The van der Waals surface area contributed by atoms with Crippen LogP contribution >= 0.6 is 34.3 Å². The number of thiophene rings is 1. The second-order valence-electron chi connectivity index (χ2n) is 2.96. The van der Waals surface area contributed by atoms with Gasteiger partial charge in [0.05, 0.1) is 15.2 Å². The van der Waals surface area contributed by atoms with Gasteiger partial charge in [-0.25, -0.2) is 0 Å². The fraction of sp³-hybridized carbons (Fsp3) is 0.250. The highest BCUT2D eigenvalue weighted by Crippen LogP contribution is 2.35. The Labute approximate surface area is 104 Å². The van der Waals surface area contributed by atoms with Crippen molar-refractivity contribution in [1.82, 2.24) is 10.2 Å². The quantitative estimate of drug-likeness (QED) is 0.488. The van der Waals surface area contributed by atoms with Crippen LogP contribution in [0.2, 0.25) is 0 Å². The van der Waals surface area contributed by atoms with Gasteiger partial charge in [-0.05, 0) is 13.0 Å². The second-order valence-corrected chi connectivity index (χ2v) is 5.68. The van der Waals surface area contributed by atoms with Gasteiger partial charge in [0.1, 0.15) is 5.01 Å². The summed E-state index contributed by atoms with van der Waals surface area (Å²) >= 11 is 8.30. The Morgan fingerprint density at radius 3 is 2.69 bits per heavy atom. The van der Waals surface area contributed by atoms with Crippen molar-refractivity contribution in [3.05, 3.63) is 27.3 Å². The standard InChI is InChI=1S/C8H6ClN3O2S2/c1-4(9)7-10-11-8(16-7)5-2-3-6(15-5)12(13)14/h2-4H,1H3. The summed E-state index contributed by atoms with van der Waals surface area (Å²) in [6.07, 6.45) is 0. The molecule has 16 heavy (non-hydrogen) atoms. The summed E-state index contributed by atoms with van der Waals surface area (Å²) in [5.41, 5.74) is 0. The van der Waals surface area contributed by atoms with Crippen LogP contribution in [-0.2, 0) is 0 Å². The van der Waals surface area contributed by atoms with Gasteiger partial charge in [0.2, 0.25) is 0 Å². The first-order chi connectivity index (χ1) is 7.58. The van der Waals surface area contributed by atoms with Crippen molar-refractivity contribution in [1.29, 1.82) is 0 Å². The average molecular weight is 276 g/mol. The van der Waals surface area contributed by atoms with E-state index in [2.05, 4.69) is 10.2 Å². The number of halogens is 1. The third-order valence-corrected chi connectivity index (χ3v) is 4.41. The van der Waals surface area contributed by atoms with E-state index < -0.39 is 4.92 Å². The van der Waals surface area contributed by atoms with Gasteiger partial charge < -0.3 is 0 Å². The maximum absolute atomic E-state index is 10.5. The van der Waals surface area contributed by atoms with Crippen LogP contribution in [0.5, 0.6) is 0 Å². The maximum atomic E-state index is 10.5. The number of nitrogens with zero attached hydrogens (tertiary/aromatic N) is 3. The lowest BCUT2D eigenvalue weighted by Gasteiger charge is -1.90. The predicted molar refractivity (Wildman–Crippen MR) is 64.1 cm³/mol. The van der Waals surface area contributed by atoms with E-state index in [1.807, 2.05) is 6.92 Å². The molecule has 0 aliphatic rings. The summed E-state index contributed by atoms with van der Waals surface area (Å²) in [4.78, 5) is 10.8. The monoisotopic (exact) mass is 275 g/mol. The van der Waals surface area contributed by atoms with Gasteiger partial charge in [-0.15, -0.1) is 21.8 Å². The Morgan fingerprint density at radius 1 is 1.44 bits per heavy atom. The van der Waals surface area contributed by atoms with Crippen molar-refractivity contribution in [3.63, 3.8) is 0 Å². The lowest BCUT2D eigenvalue weighted by atomic mass is 10.5. The van der Waals surface area contributed by atoms with Gasteiger partial charge in [-0.3, -0.25) is 10.1 Å². The molecule has 0 aliphatic heterocycles. The molecule has 2 aromatic rings. The summed E-state index contributed by atoms with van der Waals surface area (Å²) < 4.78 is 0. The fourth-order valence-electron chi connectivity index (χ4n) is 1.04. The molecular weight excluding hydrogens is 270 g/mol. The first-order valence-electron chi connectivity index (χ1n) is 4.30. The van der Waals surface area contributed by atoms with Crippen LogP contribution < -0.4 is 0 Å². The van der Waals surface area contributed by atoms with E-state index in [0.717, 1.165) is 16.2 Å². The van der Waals surface area contributed by atoms with Crippen LogP contribution in [0.15, 0.2) is 12.1 Å². The Kier molecular flexibility index (Phi) is 3.17. The van der Waals surface area contributed by atoms with Gasteiger partial charge in [0.15, 0.2) is 5.01 Å². The first kappa shape index (κ1) is 11.4. The Balaban J connectivity index is 2.31. The van der Waals surface area contributed by atoms with E-state index in [9.17, 15) is 10.1 Å². The molecule has 1 unspecified atom stereocenters. The van der Waals surface area contributed by atoms with Gasteiger partial charge in [0, 0.05) is 6.07 Å². The fourth-order valence-corrected chi connectivity index (χ4v) is 2.86. The summed E-state index contributed by atoms with van der Waals surface area (Å²) in [7, 11) is 0. The number of nitro groups is 1. The number of hydrogen-bond donors (Lipinski definition) is 0. The van der Waals surface area contributed by atoms with Crippen molar-refractivity contribution in [2.45, 2.75) is 12.3 Å². The summed E-state index contributed by atoms with van der Waals surface area (Å²) in [6, 6.07) is 3.14. The molecule has 0 fully saturated rings. The molecule has 0 N–H and O–H groups in total. The molecule has 0 bridgehead atoms. The van der Waals surface area contributed by atoms with Gasteiger partial charge in [-0.1, -0.05) is 22.7 Å². The summed E-state index contributed by atoms with van der Waals surface area (Å²) in [5.74, 6) is 0. The van der Waals surface area contributed by atoms with Crippen LogP contribution in [0, 0.1) is 10.1 Å². The van der Waals surface area contributed by atoms with Gasteiger partial charge in [0.25, 0.3) is 0 Å². The maximum Gasteiger partial charge on any atom is 0.324 e. The molecule has 5 nitrogen and oxygen atoms in total. The third-order valence-electron chi connectivity index (χ3n) is 1.76. The minimum absolute atomic E-state index is 0.102. The first-order valence-corrected chi connectivity index (χ1v) is 6.37. The molecule has 1 atom stereocenters. The minimum Gasteiger partial charge on any atom is -0.258 e. The lowest BCUT2D eigenvalue weighted by Crippen LogP contribution is -1.80. The number of aromatic nitrogens is 2. The van der Waals surface area contributed by atoms with Crippen molar-refractivity contribution < 1.29 is 4.92 Å². The Bertz CT molecular complexity index is 523. The van der Waals surface area contributed by atoms with Crippen LogP contribution in [0.4, 0.5) is 5.00 Å². The highest BCUT2D eigenvalue weighted by atomic mass is 35.5. The zero-order valence-corrected chi connectivity index (χ0v) is 10.5. The normalized spacial score (nSPS) is 12.6. The average Bonchev–Trinajstić information content (AvgIpc) is 2.86. The zero-order valence-electron chi connectivity index (χ0n) is 8.08. The van der Waals surface area contributed by atoms with E-state index >= 15 is 0 Å². The van der Waals surface area contributed by atoms with Crippen molar-refractivity contribution in [2.24, 2.45) is 0 Å². The summed E-state index contributed by atoms with van der Waals surface area (Å²) in [6.45, 7) is 1.81. The van der Waals surface area contributed by atoms with E-state index in [1.54, 1.807) is 6.07 Å². The predicted octanol–water partition coefficient (Wildman–Crippen LogP) is 3.47. The molecule has 0 saturated carbocycles. The zero-order chi connectivity index (χ0) is 11.7. The number of rotatable bonds is 3. The molecular formula is C8H6ClN3O2S2. The van der Waals surface area contributed by atoms with Crippen molar-refractivity contribution >= 4 is 39.3 Å². The van der Waals surface area contributed by atoms with Gasteiger partial charge >= 0.3 is 5.00 Å². The highest BCUT2D eigenvalue weighted by Gasteiger charge is 2.15. The van der Waals surface area contributed by atoms with Crippen molar-refractivity contribution in [3.8, 4) is 9.88 Å². The Morgan fingerprint density at radius 2 is 2.19 bits per heavy atom. The van der Waals surface area contributed by atoms with Crippen LogP contribution in [0.25, 0.3) is 9.88 Å². The largest absolute Gasteiger partial charge is 0.324 e. The molecule has 0 saturated heterocycles. The molecule has 0 aromatic carbocycles. The second kappa shape index (κ2) is 4.44. The van der Waals surface area contributed by atoms with Crippen molar-refractivity contribution in [2.75, 3.05) is 0 Å². The van der Waals surface area contributed by atoms with E-state index in [1.165, 1.54) is 17.4 Å².